The van der Waals surface area contributed by atoms with Crippen LogP contribution in [0, 0.1) is 0 Å². The van der Waals surface area contributed by atoms with Crippen LogP contribution in [0.4, 0.5) is 0 Å². The summed E-state index contributed by atoms with van der Waals surface area (Å²) < 4.78 is 11.4. The molecule has 2 aromatic rings. The van der Waals surface area contributed by atoms with E-state index in [2.05, 4.69) is 21.2 Å². The van der Waals surface area contributed by atoms with Gasteiger partial charge in [-0.05, 0) is 65.7 Å². The third-order valence-electron chi connectivity index (χ3n) is 4.36. The third kappa shape index (κ3) is 4.36. The molecular formula is C21H21BrN2O4. The molecule has 7 heteroatoms. The minimum atomic E-state index is -0.361. The van der Waals surface area contributed by atoms with Gasteiger partial charge in [-0.1, -0.05) is 18.2 Å². The second-order valence-electron chi connectivity index (χ2n) is 6.08. The Bertz CT molecular complexity index is 922. The van der Waals surface area contributed by atoms with Crippen molar-refractivity contribution in [1.29, 1.82) is 0 Å². The maximum absolute atomic E-state index is 13.0. The topological polar surface area (TPSA) is 67.9 Å². The van der Waals surface area contributed by atoms with Gasteiger partial charge < -0.3 is 19.7 Å². The first-order valence-electron chi connectivity index (χ1n) is 9.00. The number of ether oxygens (including phenoxy) is 2. The number of benzene rings is 2. The lowest BCUT2D eigenvalue weighted by molar-refractivity contribution is -0.127. The molecular weight excluding hydrogens is 424 g/mol. The molecule has 0 radical (unpaired) electrons. The van der Waals surface area contributed by atoms with E-state index < -0.39 is 0 Å². The molecule has 0 aliphatic carbocycles. The van der Waals surface area contributed by atoms with Crippen molar-refractivity contribution in [2.75, 3.05) is 19.9 Å². The smallest absolute Gasteiger partial charge is 0.270 e. The second kappa shape index (κ2) is 8.93. The first kappa shape index (κ1) is 19.9. The maximum atomic E-state index is 13.0. The van der Waals surface area contributed by atoms with Gasteiger partial charge in [0.1, 0.15) is 5.70 Å². The summed E-state index contributed by atoms with van der Waals surface area (Å²) in [5, 5.41) is 2.77. The Balaban J connectivity index is 1.94. The zero-order chi connectivity index (χ0) is 20.1. The molecule has 28 heavy (non-hydrogen) atoms. The highest BCUT2D eigenvalue weighted by Gasteiger charge is 2.20. The summed E-state index contributed by atoms with van der Waals surface area (Å²) in [4.78, 5) is 27.4. The van der Waals surface area contributed by atoms with E-state index in [-0.39, 0.29) is 24.3 Å². The molecule has 2 aromatic carbocycles. The largest absolute Gasteiger partial charge is 0.454 e. The minimum Gasteiger partial charge on any atom is -0.454 e. The normalized spacial score (nSPS) is 12.6. The summed E-state index contributed by atoms with van der Waals surface area (Å²) in [5.74, 6) is 0.662. The van der Waals surface area contributed by atoms with Crippen molar-refractivity contribution in [1.82, 2.24) is 10.2 Å². The van der Waals surface area contributed by atoms with Crippen LogP contribution in [0.2, 0.25) is 0 Å². The number of amides is 2. The number of nitrogens with one attached hydrogen (secondary N) is 1. The van der Waals surface area contributed by atoms with Crippen LogP contribution in [-0.4, -0.2) is 36.6 Å². The van der Waals surface area contributed by atoms with Gasteiger partial charge in [0.05, 0.1) is 5.56 Å². The molecule has 1 aliphatic rings. The first-order chi connectivity index (χ1) is 13.5. The molecule has 0 atom stereocenters. The van der Waals surface area contributed by atoms with E-state index in [9.17, 15) is 9.59 Å². The molecule has 1 aliphatic heterocycles. The molecule has 1 N–H and O–H groups in total. The maximum Gasteiger partial charge on any atom is 0.270 e. The molecule has 146 valence electrons. The molecule has 0 saturated carbocycles. The number of rotatable bonds is 6. The number of hydrogen-bond donors (Lipinski definition) is 1. The minimum absolute atomic E-state index is 0.173. The zero-order valence-corrected chi connectivity index (χ0v) is 17.3. The highest BCUT2D eigenvalue weighted by molar-refractivity contribution is 9.10. The van der Waals surface area contributed by atoms with E-state index in [0.717, 1.165) is 5.56 Å². The van der Waals surface area contributed by atoms with E-state index >= 15 is 0 Å². The van der Waals surface area contributed by atoms with Crippen LogP contribution in [0.25, 0.3) is 6.08 Å². The summed E-state index contributed by atoms with van der Waals surface area (Å²) >= 11 is 3.37. The lowest BCUT2D eigenvalue weighted by Gasteiger charge is -2.21. The van der Waals surface area contributed by atoms with Crippen LogP contribution in [0.1, 0.15) is 29.8 Å². The molecule has 0 spiro atoms. The lowest BCUT2D eigenvalue weighted by Crippen LogP contribution is -2.38. The molecule has 0 fully saturated rings. The van der Waals surface area contributed by atoms with Crippen LogP contribution in [0.3, 0.4) is 0 Å². The summed E-state index contributed by atoms with van der Waals surface area (Å²) in [6.45, 7) is 5.05. The van der Waals surface area contributed by atoms with E-state index in [0.29, 0.717) is 34.6 Å². The number of carbonyl (C=O) groups excluding carboxylic acids is 2. The highest BCUT2D eigenvalue weighted by atomic mass is 79.9. The van der Waals surface area contributed by atoms with Gasteiger partial charge in [-0.15, -0.1) is 0 Å². The zero-order valence-electron chi connectivity index (χ0n) is 15.7. The van der Waals surface area contributed by atoms with Gasteiger partial charge in [0.15, 0.2) is 11.5 Å². The van der Waals surface area contributed by atoms with Crippen LogP contribution in [-0.2, 0) is 4.79 Å². The molecule has 0 saturated heterocycles. The number of likely N-dealkylation sites (N-methyl/N-ethyl adjacent to an activating group) is 1. The van der Waals surface area contributed by atoms with Crippen molar-refractivity contribution in [2.45, 2.75) is 13.8 Å². The van der Waals surface area contributed by atoms with Gasteiger partial charge >= 0.3 is 0 Å². The Hall–Kier alpha value is -2.80. The fraction of sp³-hybridized carbons (Fsp3) is 0.238. The molecule has 0 aromatic heterocycles. The highest BCUT2D eigenvalue weighted by Crippen LogP contribution is 2.33. The molecule has 2 amide bonds. The number of hydrogen-bond acceptors (Lipinski definition) is 4. The lowest BCUT2D eigenvalue weighted by atomic mass is 10.1. The molecule has 6 nitrogen and oxygen atoms in total. The van der Waals surface area contributed by atoms with Crippen molar-refractivity contribution >= 4 is 33.8 Å². The average molecular weight is 445 g/mol. The average Bonchev–Trinajstić information content (AvgIpc) is 3.16. The Kier molecular flexibility index (Phi) is 6.36. The van der Waals surface area contributed by atoms with Gasteiger partial charge in [0.2, 0.25) is 6.79 Å². The monoisotopic (exact) mass is 444 g/mol. The molecule has 0 unspecified atom stereocenters. The fourth-order valence-electron chi connectivity index (χ4n) is 2.84. The van der Waals surface area contributed by atoms with Crippen molar-refractivity contribution < 1.29 is 19.1 Å². The van der Waals surface area contributed by atoms with Crippen LogP contribution >= 0.6 is 15.9 Å². The van der Waals surface area contributed by atoms with Crippen LogP contribution in [0.15, 0.2) is 52.6 Å². The van der Waals surface area contributed by atoms with Crippen molar-refractivity contribution in [3.8, 4) is 11.5 Å². The Morgan fingerprint density at radius 2 is 1.82 bits per heavy atom. The first-order valence-corrected chi connectivity index (χ1v) is 9.79. The Morgan fingerprint density at radius 1 is 1.11 bits per heavy atom. The molecule has 0 bridgehead atoms. The number of halogens is 1. The Labute approximate surface area is 172 Å². The fourth-order valence-corrected chi connectivity index (χ4v) is 3.30. The van der Waals surface area contributed by atoms with Crippen molar-refractivity contribution in [2.24, 2.45) is 0 Å². The van der Waals surface area contributed by atoms with E-state index in [4.69, 9.17) is 9.47 Å². The van der Waals surface area contributed by atoms with Crippen LogP contribution < -0.4 is 14.8 Å². The summed E-state index contributed by atoms with van der Waals surface area (Å²) in [6.07, 6.45) is 1.65. The SMILES string of the molecule is CCN(CC)C(=O)C(=Cc1ccc2c(c1)OCO2)NC(=O)c1ccccc1Br. The van der Waals surface area contributed by atoms with E-state index in [1.165, 1.54) is 0 Å². The van der Waals surface area contributed by atoms with Gasteiger partial charge in [-0.25, -0.2) is 0 Å². The van der Waals surface area contributed by atoms with Gasteiger partial charge in [0.25, 0.3) is 11.8 Å². The second-order valence-corrected chi connectivity index (χ2v) is 6.94. The number of nitrogens with zero attached hydrogens (tertiary/aromatic N) is 1. The summed E-state index contributed by atoms with van der Waals surface area (Å²) in [7, 11) is 0. The van der Waals surface area contributed by atoms with Crippen molar-refractivity contribution in [3.05, 3.63) is 63.8 Å². The van der Waals surface area contributed by atoms with Crippen LogP contribution in [0.5, 0.6) is 11.5 Å². The Morgan fingerprint density at radius 3 is 2.54 bits per heavy atom. The number of fused-ring (bicyclic) bond motifs is 1. The summed E-state index contributed by atoms with van der Waals surface area (Å²) in [5.41, 5.74) is 1.38. The van der Waals surface area contributed by atoms with Crippen molar-refractivity contribution in [3.63, 3.8) is 0 Å². The van der Waals surface area contributed by atoms with E-state index in [1.807, 2.05) is 26.0 Å². The predicted octanol–water partition coefficient (Wildman–Crippen LogP) is 3.82. The number of carbonyl (C=O) groups is 2. The van der Waals surface area contributed by atoms with E-state index in [1.54, 1.807) is 41.3 Å². The third-order valence-corrected chi connectivity index (χ3v) is 5.05. The molecule has 3 rings (SSSR count). The quantitative estimate of drug-likeness (QED) is 0.687. The predicted molar refractivity (Wildman–Crippen MR) is 110 cm³/mol. The van der Waals surface area contributed by atoms with Gasteiger partial charge in [-0.3, -0.25) is 9.59 Å². The molecule has 1 heterocycles. The van der Waals surface area contributed by atoms with Gasteiger partial charge in [0, 0.05) is 17.6 Å². The summed E-state index contributed by atoms with van der Waals surface area (Å²) in [6, 6.07) is 12.4. The van der Waals surface area contributed by atoms with Gasteiger partial charge in [-0.2, -0.15) is 0 Å². The standard InChI is InChI=1S/C21H21BrN2O4/c1-3-24(4-2)21(26)17(23-20(25)15-7-5-6-8-16(15)22)11-14-9-10-18-19(12-14)28-13-27-18/h5-12H,3-4,13H2,1-2H3,(H,23,25).